The molecule has 0 radical (unpaired) electrons. The summed E-state index contributed by atoms with van der Waals surface area (Å²) in [5.41, 5.74) is -0.238. The summed E-state index contributed by atoms with van der Waals surface area (Å²) in [6, 6.07) is 3.64. The van der Waals surface area contributed by atoms with E-state index in [4.69, 9.17) is 0 Å². The second kappa shape index (κ2) is 7.70. The minimum Gasteiger partial charge on any atom is -0.387 e. The van der Waals surface area contributed by atoms with Gasteiger partial charge < -0.3 is 10.4 Å². The van der Waals surface area contributed by atoms with Gasteiger partial charge >= 0.3 is 0 Å². The zero-order valence-electron chi connectivity index (χ0n) is 11.7. The van der Waals surface area contributed by atoms with E-state index < -0.39 is 17.7 Å². The Labute approximate surface area is 119 Å². The molecule has 0 aromatic heterocycles. The molecule has 4 heteroatoms. The molecule has 0 spiro atoms. The molecule has 112 valence electrons. The Kier molecular flexibility index (Phi) is 5.92. The van der Waals surface area contributed by atoms with Crippen LogP contribution in [0.4, 0.5) is 8.78 Å². The third-order valence-corrected chi connectivity index (χ3v) is 4.12. The van der Waals surface area contributed by atoms with Crippen molar-refractivity contribution in [2.45, 2.75) is 44.6 Å². The van der Waals surface area contributed by atoms with Crippen LogP contribution >= 0.6 is 0 Å². The molecule has 0 saturated heterocycles. The van der Waals surface area contributed by atoms with E-state index in [-0.39, 0.29) is 12.1 Å². The maximum atomic E-state index is 13.5. The number of benzene rings is 1. The minimum atomic E-state index is -1.14. The highest BCUT2D eigenvalue weighted by Crippen LogP contribution is 2.26. The summed E-state index contributed by atoms with van der Waals surface area (Å²) >= 11 is 0. The number of halogens is 2. The molecule has 2 rings (SSSR count). The quantitative estimate of drug-likeness (QED) is 0.782. The van der Waals surface area contributed by atoms with E-state index in [1.165, 1.54) is 50.3 Å². The first-order chi connectivity index (χ1) is 9.68. The standard InChI is InChI=1S/C16H23F2NO/c17-13-7-4-8-14(18)16(13)15(20)11-19-10-9-12-5-2-1-3-6-12/h4,7-8,12,15,19-20H,1-3,5-6,9-11H2. The van der Waals surface area contributed by atoms with Gasteiger partial charge in [-0.05, 0) is 31.0 Å². The maximum Gasteiger partial charge on any atom is 0.131 e. The second-order valence-corrected chi connectivity index (χ2v) is 5.65. The molecule has 0 bridgehead atoms. The third-order valence-electron chi connectivity index (χ3n) is 4.12. The molecular formula is C16H23F2NO. The van der Waals surface area contributed by atoms with Gasteiger partial charge in [0.25, 0.3) is 0 Å². The highest BCUT2D eigenvalue weighted by molar-refractivity contribution is 5.22. The molecule has 1 aliphatic rings. The molecule has 2 N–H and O–H groups in total. The van der Waals surface area contributed by atoms with Crippen LogP contribution in [0.5, 0.6) is 0 Å². The van der Waals surface area contributed by atoms with Crippen LogP contribution in [0, 0.1) is 17.6 Å². The van der Waals surface area contributed by atoms with Crippen molar-refractivity contribution in [1.82, 2.24) is 5.32 Å². The van der Waals surface area contributed by atoms with E-state index in [0.717, 1.165) is 18.9 Å². The number of aliphatic hydroxyl groups is 1. The number of hydrogen-bond acceptors (Lipinski definition) is 2. The summed E-state index contributed by atoms with van der Waals surface area (Å²) in [4.78, 5) is 0. The number of nitrogens with one attached hydrogen (secondary N) is 1. The van der Waals surface area contributed by atoms with Crippen LogP contribution in [-0.4, -0.2) is 18.2 Å². The molecule has 1 aromatic carbocycles. The van der Waals surface area contributed by atoms with Crippen LogP contribution in [0.15, 0.2) is 18.2 Å². The van der Waals surface area contributed by atoms with Gasteiger partial charge in [0.2, 0.25) is 0 Å². The summed E-state index contributed by atoms with van der Waals surface area (Å²) in [5.74, 6) is -0.614. The largest absolute Gasteiger partial charge is 0.387 e. The molecule has 2 nitrogen and oxygen atoms in total. The van der Waals surface area contributed by atoms with Gasteiger partial charge in [-0.3, -0.25) is 0 Å². The van der Waals surface area contributed by atoms with E-state index in [2.05, 4.69) is 5.32 Å². The van der Waals surface area contributed by atoms with Crippen molar-refractivity contribution < 1.29 is 13.9 Å². The Hall–Kier alpha value is -1.00. The maximum absolute atomic E-state index is 13.5. The van der Waals surface area contributed by atoms with E-state index in [1.54, 1.807) is 0 Å². The molecule has 1 unspecified atom stereocenters. The van der Waals surface area contributed by atoms with Crippen LogP contribution in [0.3, 0.4) is 0 Å². The minimum absolute atomic E-state index is 0.185. The van der Waals surface area contributed by atoms with Gasteiger partial charge in [-0.2, -0.15) is 0 Å². The first kappa shape index (κ1) is 15.4. The van der Waals surface area contributed by atoms with Gasteiger partial charge in [0.15, 0.2) is 0 Å². The van der Waals surface area contributed by atoms with Crippen LogP contribution in [-0.2, 0) is 0 Å². The summed E-state index contributed by atoms with van der Waals surface area (Å²) in [6.07, 6.45) is 6.48. The van der Waals surface area contributed by atoms with E-state index in [9.17, 15) is 13.9 Å². The Morgan fingerprint density at radius 2 is 1.80 bits per heavy atom. The van der Waals surface area contributed by atoms with Crippen LogP contribution in [0.1, 0.15) is 50.2 Å². The molecule has 20 heavy (non-hydrogen) atoms. The van der Waals surface area contributed by atoms with Crippen molar-refractivity contribution in [3.8, 4) is 0 Å². The summed E-state index contributed by atoms with van der Waals surface area (Å²) in [7, 11) is 0. The van der Waals surface area contributed by atoms with E-state index in [1.807, 2.05) is 0 Å². The second-order valence-electron chi connectivity index (χ2n) is 5.65. The summed E-state index contributed by atoms with van der Waals surface area (Å²) in [5, 5.41) is 13.0. The van der Waals surface area contributed by atoms with Gasteiger partial charge in [0.1, 0.15) is 11.6 Å². The molecule has 0 amide bonds. The third kappa shape index (κ3) is 4.25. The van der Waals surface area contributed by atoms with Crippen LogP contribution in [0.25, 0.3) is 0 Å². The lowest BCUT2D eigenvalue weighted by Gasteiger charge is -2.22. The Morgan fingerprint density at radius 1 is 1.15 bits per heavy atom. The molecule has 1 atom stereocenters. The lowest BCUT2D eigenvalue weighted by molar-refractivity contribution is 0.164. The monoisotopic (exact) mass is 283 g/mol. The Bertz CT molecular complexity index is 399. The fourth-order valence-corrected chi connectivity index (χ4v) is 2.95. The predicted molar refractivity (Wildman–Crippen MR) is 75.4 cm³/mol. The molecule has 1 aliphatic carbocycles. The fraction of sp³-hybridized carbons (Fsp3) is 0.625. The first-order valence-electron chi connectivity index (χ1n) is 7.51. The summed E-state index contributed by atoms with van der Waals surface area (Å²) in [6.45, 7) is 0.975. The lowest BCUT2D eigenvalue weighted by atomic mass is 9.87. The van der Waals surface area contributed by atoms with Crippen LogP contribution < -0.4 is 5.32 Å². The highest BCUT2D eigenvalue weighted by Gasteiger charge is 2.17. The molecule has 0 aliphatic heterocycles. The van der Waals surface area contributed by atoms with Crippen molar-refractivity contribution in [3.63, 3.8) is 0 Å². The highest BCUT2D eigenvalue weighted by atomic mass is 19.1. The van der Waals surface area contributed by atoms with E-state index >= 15 is 0 Å². The number of hydrogen-bond donors (Lipinski definition) is 2. The number of aliphatic hydroxyl groups excluding tert-OH is 1. The van der Waals surface area contributed by atoms with Gasteiger partial charge in [0, 0.05) is 6.54 Å². The Morgan fingerprint density at radius 3 is 2.45 bits per heavy atom. The summed E-state index contributed by atoms with van der Waals surface area (Å²) < 4.78 is 26.9. The first-order valence-corrected chi connectivity index (χ1v) is 7.51. The number of rotatable bonds is 6. The van der Waals surface area contributed by atoms with Crippen molar-refractivity contribution >= 4 is 0 Å². The van der Waals surface area contributed by atoms with Gasteiger partial charge in [0.05, 0.1) is 11.7 Å². The van der Waals surface area contributed by atoms with Gasteiger partial charge in [-0.25, -0.2) is 8.78 Å². The topological polar surface area (TPSA) is 32.3 Å². The van der Waals surface area contributed by atoms with Gasteiger partial charge in [-0.1, -0.05) is 38.2 Å². The Balaban J connectivity index is 1.73. The zero-order valence-corrected chi connectivity index (χ0v) is 11.7. The lowest BCUT2D eigenvalue weighted by Crippen LogP contribution is -2.25. The average Bonchev–Trinajstić information content (AvgIpc) is 2.44. The van der Waals surface area contributed by atoms with Crippen molar-refractivity contribution in [3.05, 3.63) is 35.4 Å². The van der Waals surface area contributed by atoms with Crippen molar-refractivity contribution in [2.75, 3.05) is 13.1 Å². The molecular weight excluding hydrogens is 260 g/mol. The smallest absolute Gasteiger partial charge is 0.131 e. The average molecular weight is 283 g/mol. The molecule has 1 aromatic rings. The zero-order chi connectivity index (χ0) is 14.4. The van der Waals surface area contributed by atoms with Crippen LogP contribution in [0.2, 0.25) is 0 Å². The molecule has 1 saturated carbocycles. The fourth-order valence-electron chi connectivity index (χ4n) is 2.95. The SMILES string of the molecule is OC(CNCCC1CCCCC1)c1c(F)cccc1F. The van der Waals surface area contributed by atoms with Gasteiger partial charge in [-0.15, -0.1) is 0 Å². The predicted octanol–water partition coefficient (Wildman–Crippen LogP) is 3.56. The van der Waals surface area contributed by atoms with Crippen molar-refractivity contribution in [2.24, 2.45) is 5.92 Å². The van der Waals surface area contributed by atoms with Crippen molar-refractivity contribution in [1.29, 1.82) is 0 Å². The van der Waals surface area contributed by atoms with E-state index in [0.29, 0.717) is 0 Å². The normalized spacial score (nSPS) is 18.1. The molecule has 1 fully saturated rings. The molecule has 0 heterocycles.